The zero-order valence-corrected chi connectivity index (χ0v) is 9.15. The summed E-state index contributed by atoms with van der Waals surface area (Å²) in [6.45, 7) is 4.64. The van der Waals surface area contributed by atoms with E-state index in [1.807, 2.05) is 5.51 Å². The number of rotatable bonds is 6. The van der Waals surface area contributed by atoms with Crippen LogP contribution in [0.15, 0.2) is 10.9 Å². The zero-order valence-electron chi connectivity index (χ0n) is 8.33. The quantitative estimate of drug-likeness (QED) is 0.686. The molecule has 0 spiro atoms. The van der Waals surface area contributed by atoms with Gasteiger partial charge in [0.05, 0.1) is 11.2 Å². The Hall–Kier alpha value is -0.450. The second kappa shape index (κ2) is 5.44. The minimum atomic E-state index is 0.918. The van der Waals surface area contributed by atoms with Gasteiger partial charge in [0.1, 0.15) is 0 Å². The number of thiazole rings is 1. The fourth-order valence-corrected chi connectivity index (χ4v) is 2.15. The largest absolute Gasteiger partial charge is 0.316 e. The first-order valence-electron chi connectivity index (χ1n) is 5.23. The van der Waals surface area contributed by atoms with Crippen LogP contribution in [0.5, 0.6) is 0 Å². The minimum absolute atomic E-state index is 0.918. The summed E-state index contributed by atoms with van der Waals surface area (Å²) in [6, 6.07) is 0. The highest BCUT2D eigenvalue weighted by Gasteiger charge is 2.15. The van der Waals surface area contributed by atoms with E-state index in [0.29, 0.717) is 0 Å². The van der Waals surface area contributed by atoms with Crippen molar-refractivity contribution in [3.63, 3.8) is 0 Å². The summed E-state index contributed by atoms with van der Waals surface area (Å²) in [5.74, 6) is 0.918. The monoisotopic (exact) mass is 211 g/mol. The second-order valence-electron chi connectivity index (χ2n) is 3.79. The van der Waals surface area contributed by atoms with Gasteiger partial charge in [-0.05, 0) is 32.0 Å². The van der Waals surface area contributed by atoms with Crippen LogP contribution in [0.1, 0.15) is 12.1 Å². The second-order valence-corrected chi connectivity index (χ2v) is 4.51. The average Bonchev–Trinajstić information content (AvgIpc) is 2.60. The minimum Gasteiger partial charge on any atom is -0.316 e. The molecule has 14 heavy (non-hydrogen) atoms. The molecule has 0 bridgehead atoms. The molecule has 2 heterocycles. The van der Waals surface area contributed by atoms with Gasteiger partial charge in [0.2, 0.25) is 0 Å². The van der Waals surface area contributed by atoms with E-state index in [0.717, 1.165) is 25.4 Å². The summed E-state index contributed by atoms with van der Waals surface area (Å²) < 4.78 is 0. The van der Waals surface area contributed by atoms with Crippen LogP contribution in [0.2, 0.25) is 0 Å². The maximum atomic E-state index is 4.24. The SMILES string of the molecule is c1nc(CCNCCC2CNC2)cs1. The summed E-state index contributed by atoms with van der Waals surface area (Å²) >= 11 is 1.67. The number of aromatic nitrogens is 1. The van der Waals surface area contributed by atoms with Gasteiger partial charge in [-0.15, -0.1) is 11.3 Å². The van der Waals surface area contributed by atoms with Crippen LogP contribution in [-0.2, 0) is 6.42 Å². The van der Waals surface area contributed by atoms with Crippen molar-refractivity contribution in [2.24, 2.45) is 5.92 Å². The van der Waals surface area contributed by atoms with Gasteiger partial charge in [-0.3, -0.25) is 0 Å². The molecule has 2 rings (SSSR count). The van der Waals surface area contributed by atoms with Crippen LogP contribution >= 0.6 is 11.3 Å². The maximum Gasteiger partial charge on any atom is 0.0794 e. The highest BCUT2D eigenvalue weighted by atomic mass is 32.1. The highest BCUT2D eigenvalue weighted by molar-refractivity contribution is 7.07. The van der Waals surface area contributed by atoms with Crippen molar-refractivity contribution < 1.29 is 0 Å². The fourth-order valence-electron chi connectivity index (χ4n) is 1.56. The van der Waals surface area contributed by atoms with Crippen molar-refractivity contribution in [1.82, 2.24) is 15.6 Å². The Kier molecular flexibility index (Phi) is 3.91. The molecule has 0 amide bonds. The molecule has 3 nitrogen and oxygen atoms in total. The smallest absolute Gasteiger partial charge is 0.0794 e. The Labute approximate surface area is 88.9 Å². The van der Waals surface area contributed by atoms with Gasteiger partial charge in [-0.1, -0.05) is 0 Å². The Balaban J connectivity index is 1.47. The lowest BCUT2D eigenvalue weighted by molar-refractivity contribution is 0.323. The standard InChI is InChI=1S/C10H17N3S/c1(9-5-12-6-9)3-11-4-2-10-7-14-8-13-10/h7-9,11-12H,1-6H2. The Bertz CT molecular complexity index is 244. The molecule has 0 aromatic carbocycles. The van der Waals surface area contributed by atoms with Crippen molar-refractivity contribution in [2.75, 3.05) is 26.2 Å². The molecular formula is C10H17N3S. The van der Waals surface area contributed by atoms with E-state index in [1.54, 1.807) is 11.3 Å². The first kappa shape index (κ1) is 10.1. The molecule has 0 atom stereocenters. The van der Waals surface area contributed by atoms with Gasteiger partial charge in [0.15, 0.2) is 0 Å². The van der Waals surface area contributed by atoms with E-state index in [2.05, 4.69) is 21.0 Å². The molecule has 1 aliphatic heterocycles. The van der Waals surface area contributed by atoms with Crippen molar-refractivity contribution in [1.29, 1.82) is 0 Å². The van der Waals surface area contributed by atoms with E-state index in [1.165, 1.54) is 25.2 Å². The van der Waals surface area contributed by atoms with Crippen molar-refractivity contribution in [3.05, 3.63) is 16.6 Å². The normalized spacial score (nSPS) is 16.9. The van der Waals surface area contributed by atoms with Gasteiger partial charge >= 0.3 is 0 Å². The first-order chi connectivity index (χ1) is 6.95. The predicted molar refractivity (Wildman–Crippen MR) is 59.7 cm³/mol. The molecule has 1 fully saturated rings. The maximum absolute atomic E-state index is 4.24. The molecule has 1 aromatic heterocycles. The summed E-state index contributed by atoms with van der Waals surface area (Å²) in [7, 11) is 0. The van der Waals surface area contributed by atoms with Gasteiger partial charge in [-0.25, -0.2) is 4.98 Å². The molecule has 0 saturated carbocycles. The van der Waals surface area contributed by atoms with Gasteiger partial charge in [0, 0.05) is 18.3 Å². The summed E-state index contributed by atoms with van der Waals surface area (Å²) in [4.78, 5) is 4.24. The number of nitrogens with zero attached hydrogens (tertiary/aromatic N) is 1. The molecular weight excluding hydrogens is 194 g/mol. The molecule has 0 radical (unpaired) electrons. The van der Waals surface area contributed by atoms with E-state index in [-0.39, 0.29) is 0 Å². The lowest BCUT2D eigenvalue weighted by Gasteiger charge is -2.26. The summed E-state index contributed by atoms with van der Waals surface area (Å²) in [5.41, 5.74) is 3.11. The molecule has 1 aliphatic rings. The van der Waals surface area contributed by atoms with Crippen LogP contribution in [0.3, 0.4) is 0 Å². The average molecular weight is 211 g/mol. The third-order valence-corrected chi connectivity index (χ3v) is 3.27. The van der Waals surface area contributed by atoms with Gasteiger partial charge in [-0.2, -0.15) is 0 Å². The van der Waals surface area contributed by atoms with Crippen LogP contribution in [0.25, 0.3) is 0 Å². The number of nitrogens with one attached hydrogen (secondary N) is 2. The molecule has 1 saturated heterocycles. The number of hydrogen-bond acceptors (Lipinski definition) is 4. The summed E-state index contributed by atoms with van der Waals surface area (Å²) in [6.07, 6.45) is 2.37. The van der Waals surface area contributed by atoms with E-state index < -0.39 is 0 Å². The lowest BCUT2D eigenvalue weighted by Crippen LogP contribution is -2.43. The molecule has 4 heteroatoms. The van der Waals surface area contributed by atoms with Crippen molar-refractivity contribution in [3.8, 4) is 0 Å². The lowest BCUT2D eigenvalue weighted by atomic mass is 10.00. The highest BCUT2D eigenvalue weighted by Crippen LogP contribution is 2.06. The van der Waals surface area contributed by atoms with Crippen molar-refractivity contribution >= 4 is 11.3 Å². The topological polar surface area (TPSA) is 37.0 Å². The third kappa shape index (κ3) is 3.04. The van der Waals surface area contributed by atoms with Crippen LogP contribution in [-0.4, -0.2) is 31.2 Å². The molecule has 0 unspecified atom stereocenters. The fraction of sp³-hybridized carbons (Fsp3) is 0.700. The molecule has 1 aromatic rings. The van der Waals surface area contributed by atoms with Gasteiger partial charge < -0.3 is 10.6 Å². The Morgan fingerprint density at radius 1 is 1.50 bits per heavy atom. The van der Waals surface area contributed by atoms with Crippen LogP contribution in [0.4, 0.5) is 0 Å². The van der Waals surface area contributed by atoms with E-state index in [4.69, 9.17) is 0 Å². The third-order valence-electron chi connectivity index (χ3n) is 2.64. The van der Waals surface area contributed by atoms with Crippen LogP contribution in [0, 0.1) is 5.92 Å². The van der Waals surface area contributed by atoms with Crippen molar-refractivity contribution in [2.45, 2.75) is 12.8 Å². The van der Waals surface area contributed by atoms with Gasteiger partial charge in [0.25, 0.3) is 0 Å². The molecule has 78 valence electrons. The zero-order chi connectivity index (χ0) is 9.64. The Morgan fingerprint density at radius 3 is 3.07 bits per heavy atom. The van der Waals surface area contributed by atoms with E-state index in [9.17, 15) is 0 Å². The summed E-state index contributed by atoms with van der Waals surface area (Å²) in [5, 5.41) is 8.87. The van der Waals surface area contributed by atoms with Crippen LogP contribution < -0.4 is 10.6 Å². The predicted octanol–water partition coefficient (Wildman–Crippen LogP) is 0.885. The number of hydrogen-bond donors (Lipinski definition) is 2. The molecule has 2 N–H and O–H groups in total. The first-order valence-corrected chi connectivity index (χ1v) is 6.18. The Morgan fingerprint density at radius 2 is 2.43 bits per heavy atom. The molecule has 0 aliphatic carbocycles. The van der Waals surface area contributed by atoms with E-state index >= 15 is 0 Å².